The highest BCUT2D eigenvalue weighted by atomic mass is 32.1. The van der Waals surface area contributed by atoms with E-state index in [1.165, 1.54) is 22.7 Å². The van der Waals surface area contributed by atoms with Crippen molar-refractivity contribution in [2.24, 2.45) is 0 Å². The molecular formula is C26H19N9O3S2. The topological polar surface area (TPSA) is 164 Å². The van der Waals surface area contributed by atoms with E-state index in [4.69, 9.17) is 14.4 Å². The van der Waals surface area contributed by atoms with Crippen molar-refractivity contribution in [2.75, 3.05) is 11.9 Å². The normalized spacial score (nSPS) is 10.9. The first-order chi connectivity index (χ1) is 19.6. The smallest absolute Gasteiger partial charge is 0.387 e. The number of pyridine rings is 1. The molecule has 2 amide bonds. The zero-order chi connectivity index (χ0) is 27.5. The molecule has 0 aliphatic carbocycles. The van der Waals surface area contributed by atoms with E-state index in [9.17, 15) is 9.59 Å². The summed E-state index contributed by atoms with van der Waals surface area (Å²) in [6.07, 6.45) is 4.82. The molecule has 0 spiro atoms. The molecule has 3 N–H and O–H groups in total. The number of anilines is 1. The summed E-state index contributed by atoms with van der Waals surface area (Å²) in [5, 5.41) is 15.0. The Morgan fingerprint density at radius 1 is 1.02 bits per heavy atom. The monoisotopic (exact) mass is 569 g/mol. The van der Waals surface area contributed by atoms with E-state index in [-0.39, 0.29) is 11.9 Å². The second kappa shape index (κ2) is 11.0. The Hall–Kier alpha value is -5.08. The van der Waals surface area contributed by atoms with Crippen molar-refractivity contribution in [1.29, 1.82) is 0 Å². The highest BCUT2D eigenvalue weighted by Gasteiger charge is 2.24. The first-order valence-corrected chi connectivity index (χ1v) is 13.7. The van der Waals surface area contributed by atoms with Gasteiger partial charge in [0, 0.05) is 47.2 Å². The molecular weight excluding hydrogens is 550 g/mol. The van der Waals surface area contributed by atoms with Gasteiger partial charge in [-0.25, -0.2) is 39.6 Å². The lowest BCUT2D eigenvalue weighted by Gasteiger charge is -2.09. The molecule has 0 aliphatic heterocycles. The van der Waals surface area contributed by atoms with Crippen LogP contribution in [0.1, 0.15) is 6.92 Å². The molecule has 0 fully saturated rings. The highest BCUT2D eigenvalue weighted by molar-refractivity contribution is 7.19. The van der Waals surface area contributed by atoms with Crippen LogP contribution in [-0.2, 0) is 0 Å². The third-order valence-electron chi connectivity index (χ3n) is 5.55. The number of carbonyl (C=O) groups is 1. The number of nitrogens with zero attached hydrogens (tertiary/aromatic N) is 6. The van der Waals surface area contributed by atoms with E-state index in [1.54, 1.807) is 30.7 Å². The lowest BCUT2D eigenvalue weighted by molar-refractivity contribution is 0.252. The average molecular weight is 570 g/mol. The van der Waals surface area contributed by atoms with Crippen molar-refractivity contribution in [2.45, 2.75) is 6.92 Å². The third kappa shape index (κ3) is 5.12. The van der Waals surface area contributed by atoms with Gasteiger partial charge in [0.25, 0.3) is 5.89 Å². The summed E-state index contributed by atoms with van der Waals surface area (Å²) < 4.78 is 5.25. The van der Waals surface area contributed by atoms with E-state index in [2.05, 4.69) is 35.8 Å². The molecule has 0 saturated heterocycles. The van der Waals surface area contributed by atoms with Gasteiger partial charge in [-0.2, -0.15) is 0 Å². The second-order valence-electron chi connectivity index (χ2n) is 8.19. The predicted octanol–water partition coefficient (Wildman–Crippen LogP) is 4.94. The summed E-state index contributed by atoms with van der Waals surface area (Å²) in [5.74, 6) is 0.0724. The maximum Gasteiger partial charge on any atom is 0.434 e. The van der Waals surface area contributed by atoms with Gasteiger partial charge in [0.15, 0.2) is 5.82 Å². The maximum atomic E-state index is 12.2. The molecule has 198 valence electrons. The van der Waals surface area contributed by atoms with Crippen LogP contribution >= 0.6 is 22.7 Å². The average Bonchev–Trinajstić information content (AvgIpc) is 3.74. The number of thiazole rings is 2. The van der Waals surface area contributed by atoms with Gasteiger partial charge in [0.1, 0.15) is 26.4 Å². The van der Waals surface area contributed by atoms with Crippen molar-refractivity contribution in [3.05, 3.63) is 77.0 Å². The first kappa shape index (κ1) is 25.2. The second-order valence-corrected chi connectivity index (χ2v) is 10.0. The van der Waals surface area contributed by atoms with Crippen LogP contribution in [0.5, 0.6) is 0 Å². The Morgan fingerprint density at radius 3 is 2.60 bits per heavy atom. The van der Waals surface area contributed by atoms with Gasteiger partial charge in [-0.15, -0.1) is 27.8 Å². The van der Waals surface area contributed by atoms with Crippen molar-refractivity contribution in [3.8, 4) is 54.7 Å². The van der Waals surface area contributed by atoms with Gasteiger partial charge < -0.3 is 9.73 Å². The third-order valence-corrected chi connectivity index (χ3v) is 7.51. The first-order valence-electron chi connectivity index (χ1n) is 12.0. The van der Waals surface area contributed by atoms with Gasteiger partial charge in [-0.1, -0.05) is 30.3 Å². The molecule has 6 aromatic rings. The number of aromatic amines is 1. The van der Waals surface area contributed by atoms with Crippen LogP contribution in [0.4, 0.5) is 10.6 Å². The number of nitrogens with one attached hydrogen (secondary N) is 3. The number of H-pyrrole nitrogens is 1. The minimum atomic E-state index is -0.691. The van der Waals surface area contributed by atoms with Crippen LogP contribution in [0.25, 0.3) is 54.7 Å². The van der Waals surface area contributed by atoms with Gasteiger partial charge in [0.05, 0.1) is 5.69 Å². The van der Waals surface area contributed by atoms with Gasteiger partial charge in [-0.3, -0.25) is 5.32 Å². The van der Waals surface area contributed by atoms with E-state index in [1.807, 2.05) is 42.6 Å². The van der Waals surface area contributed by atoms with Crippen LogP contribution in [0.2, 0.25) is 0 Å². The van der Waals surface area contributed by atoms with E-state index in [0.29, 0.717) is 49.9 Å². The van der Waals surface area contributed by atoms with Gasteiger partial charge >= 0.3 is 11.8 Å². The Balaban J connectivity index is 1.50. The van der Waals surface area contributed by atoms with Gasteiger partial charge in [0.2, 0.25) is 0 Å². The number of rotatable bonds is 7. The summed E-state index contributed by atoms with van der Waals surface area (Å²) in [6.45, 7) is 2.30. The van der Waals surface area contributed by atoms with E-state index in [0.717, 1.165) is 11.3 Å². The fraction of sp³-hybridized carbons (Fsp3) is 0.0769. The number of aromatic nitrogens is 7. The van der Waals surface area contributed by atoms with Crippen LogP contribution < -0.4 is 16.4 Å². The molecule has 0 radical (unpaired) electrons. The summed E-state index contributed by atoms with van der Waals surface area (Å²) >= 11 is 2.70. The largest absolute Gasteiger partial charge is 0.434 e. The summed E-state index contributed by atoms with van der Waals surface area (Å²) in [4.78, 5) is 47.2. The number of benzene rings is 1. The molecule has 12 nitrogen and oxygen atoms in total. The predicted molar refractivity (Wildman–Crippen MR) is 152 cm³/mol. The molecule has 14 heteroatoms. The van der Waals surface area contributed by atoms with Crippen LogP contribution in [0.3, 0.4) is 0 Å². The minimum Gasteiger partial charge on any atom is -0.387 e. The lowest BCUT2D eigenvalue weighted by atomic mass is 10.1. The number of carbonyl (C=O) groups excluding carboxylic acids is 1. The molecule has 5 heterocycles. The van der Waals surface area contributed by atoms with Crippen molar-refractivity contribution in [1.82, 2.24) is 40.4 Å². The van der Waals surface area contributed by atoms with Gasteiger partial charge in [-0.05, 0) is 19.1 Å². The molecule has 0 aliphatic rings. The zero-order valence-corrected chi connectivity index (χ0v) is 22.4. The van der Waals surface area contributed by atoms with Crippen molar-refractivity contribution >= 4 is 34.5 Å². The molecule has 0 atom stereocenters. The van der Waals surface area contributed by atoms with Crippen molar-refractivity contribution in [3.63, 3.8) is 0 Å². The molecule has 0 bridgehead atoms. The quantitative estimate of drug-likeness (QED) is 0.241. The maximum absolute atomic E-state index is 12.2. The Labute approximate surface area is 234 Å². The number of hydrogen-bond acceptors (Lipinski definition) is 11. The van der Waals surface area contributed by atoms with Crippen LogP contribution in [0.15, 0.2) is 75.6 Å². The molecule has 0 saturated carbocycles. The molecule has 1 aromatic carbocycles. The number of urea groups is 1. The number of hydrogen-bond donors (Lipinski definition) is 3. The Bertz CT molecular complexity index is 1850. The summed E-state index contributed by atoms with van der Waals surface area (Å²) in [6, 6.07) is 12.9. The van der Waals surface area contributed by atoms with Crippen LogP contribution in [0, 0.1) is 0 Å². The molecule has 0 unspecified atom stereocenters. The van der Waals surface area contributed by atoms with Crippen molar-refractivity contribution < 1.29 is 9.21 Å². The summed E-state index contributed by atoms with van der Waals surface area (Å²) in [7, 11) is 0. The van der Waals surface area contributed by atoms with E-state index < -0.39 is 5.76 Å². The standard InChI is InChI=1S/C26H19N9O3S2/c1-2-27-25(36)32-18-11-15(23-31-17(13-39-23)14-7-4-3-5-8-14)16(12-30-18)24-33-19(21-28-9-6-10-29-21)20(40-24)22-34-35-26(37)38-22/h3-13H,2H2,1H3,(H,35,37)(H2,27,30,32,36). The number of amides is 2. The molecule has 5 aromatic heterocycles. The highest BCUT2D eigenvalue weighted by Crippen LogP contribution is 2.43. The molecule has 6 rings (SSSR count). The zero-order valence-electron chi connectivity index (χ0n) is 20.8. The molecule has 40 heavy (non-hydrogen) atoms. The van der Waals surface area contributed by atoms with Crippen LogP contribution in [-0.4, -0.2) is 47.7 Å². The lowest BCUT2D eigenvalue weighted by Crippen LogP contribution is -2.28. The van der Waals surface area contributed by atoms with E-state index >= 15 is 0 Å². The fourth-order valence-corrected chi connectivity index (χ4v) is 5.68. The fourth-order valence-electron chi connectivity index (χ4n) is 3.81. The Morgan fingerprint density at radius 2 is 1.85 bits per heavy atom. The summed E-state index contributed by atoms with van der Waals surface area (Å²) in [5.41, 5.74) is 3.56. The SMILES string of the molecule is CCNC(=O)Nc1cc(-c2nc(-c3ccccc3)cs2)c(-c2nc(-c3ncccn3)c(-c3n[nH]c(=O)o3)s2)cn1. The minimum absolute atomic E-state index is 0.0702. The Kier molecular flexibility index (Phi) is 6.91.